The van der Waals surface area contributed by atoms with Gasteiger partial charge >= 0.3 is 0 Å². The second-order valence-corrected chi connectivity index (χ2v) is 4.72. The van der Waals surface area contributed by atoms with Crippen LogP contribution in [0.1, 0.15) is 6.92 Å². The molecular formula is C12H15ClOS. The minimum atomic E-state index is 0.205. The molecule has 0 aliphatic rings. The molecule has 0 aliphatic heterocycles. The van der Waals surface area contributed by atoms with Gasteiger partial charge in [0.25, 0.3) is 0 Å². The van der Waals surface area contributed by atoms with Crippen LogP contribution in [-0.2, 0) is 0 Å². The maximum Gasteiger partial charge on any atom is 0.119 e. The standard InChI is InChI=1S/C12H15ClOS/c1-3-8-15-9-10(2)14-12-6-4-11(13)5-7-12/h3-7,10H,1,8-9H2,2H3. The molecule has 0 amide bonds. The van der Waals surface area contributed by atoms with E-state index in [1.807, 2.05) is 42.1 Å². The molecule has 0 radical (unpaired) electrons. The van der Waals surface area contributed by atoms with Crippen LogP contribution in [-0.4, -0.2) is 17.6 Å². The molecule has 1 aromatic carbocycles. The molecule has 0 N–H and O–H groups in total. The van der Waals surface area contributed by atoms with Crippen LogP contribution in [0.3, 0.4) is 0 Å². The summed E-state index contributed by atoms with van der Waals surface area (Å²) in [7, 11) is 0. The topological polar surface area (TPSA) is 9.23 Å². The number of benzene rings is 1. The molecule has 0 fully saturated rings. The summed E-state index contributed by atoms with van der Waals surface area (Å²) in [6.45, 7) is 5.74. The van der Waals surface area contributed by atoms with Gasteiger partial charge in [0.15, 0.2) is 0 Å². The highest BCUT2D eigenvalue weighted by molar-refractivity contribution is 7.99. The maximum atomic E-state index is 5.78. The summed E-state index contributed by atoms with van der Waals surface area (Å²) in [6.07, 6.45) is 2.11. The number of halogens is 1. The van der Waals surface area contributed by atoms with Crippen LogP contribution in [0.2, 0.25) is 5.02 Å². The van der Waals surface area contributed by atoms with Crippen LogP contribution in [0.25, 0.3) is 0 Å². The van der Waals surface area contributed by atoms with Crippen molar-refractivity contribution in [3.05, 3.63) is 41.9 Å². The van der Waals surface area contributed by atoms with E-state index in [0.29, 0.717) is 0 Å². The van der Waals surface area contributed by atoms with Crippen LogP contribution in [0, 0.1) is 0 Å². The Hall–Kier alpha value is -0.600. The van der Waals surface area contributed by atoms with E-state index in [-0.39, 0.29) is 6.10 Å². The predicted molar refractivity (Wildman–Crippen MR) is 69.1 cm³/mol. The van der Waals surface area contributed by atoms with Crippen LogP contribution in [0.5, 0.6) is 5.75 Å². The first-order chi connectivity index (χ1) is 7.22. The number of hydrogen-bond acceptors (Lipinski definition) is 2. The molecule has 82 valence electrons. The van der Waals surface area contributed by atoms with Crippen LogP contribution >= 0.6 is 23.4 Å². The second-order valence-electron chi connectivity index (χ2n) is 3.21. The van der Waals surface area contributed by atoms with Gasteiger partial charge in [-0.3, -0.25) is 0 Å². The summed E-state index contributed by atoms with van der Waals surface area (Å²) in [5.41, 5.74) is 0. The molecule has 0 aliphatic carbocycles. The quantitative estimate of drug-likeness (QED) is 0.550. The monoisotopic (exact) mass is 242 g/mol. The van der Waals surface area contributed by atoms with E-state index >= 15 is 0 Å². The predicted octanol–water partition coefficient (Wildman–Crippen LogP) is 4.03. The van der Waals surface area contributed by atoms with Crippen molar-refractivity contribution in [1.82, 2.24) is 0 Å². The van der Waals surface area contributed by atoms with Crippen molar-refractivity contribution in [2.45, 2.75) is 13.0 Å². The summed E-state index contributed by atoms with van der Waals surface area (Å²) in [4.78, 5) is 0. The summed E-state index contributed by atoms with van der Waals surface area (Å²) < 4.78 is 5.70. The highest BCUT2D eigenvalue weighted by Gasteiger charge is 2.03. The molecule has 0 heterocycles. The van der Waals surface area contributed by atoms with Crippen LogP contribution < -0.4 is 4.74 Å². The number of hydrogen-bond donors (Lipinski definition) is 0. The van der Waals surface area contributed by atoms with E-state index in [2.05, 4.69) is 13.5 Å². The Balaban J connectivity index is 2.34. The molecule has 15 heavy (non-hydrogen) atoms. The van der Waals surface area contributed by atoms with Gasteiger partial charge in [-0.15, -0.1) is 6.58 Å². The second kappa shape index (κ2) is 6.81. The van der Waals surface area contributed by atoms with Gasteiger partial charge in [0.2, 0.25) is 0 Å². The van der Waals surface area contributed by atoms with Gasteiger partial charge in [0.1, 0.15) is 11.9 Å². The molecule has 1 atom stereocenters. The van der Waals surface area contributed by atoms with Crippen molar-refractivity contribution < 1.29 is 4.74 Å². The molecule has 1 unspecified atom stereocenters. The Morgan fingerprint density at radius 2 is 2.13 bits per heavy atom. The van der Waals surface area contributed by atoms with Gasteiger partial charge in [-0.1, -0.05) is 17.7 Å². The van der Waals surface area contributed by atoms with E-state index in [0.717, 1.165) is 22.3 Å². The van der Waals surface area contributed by atoms with E-state index in [1.54, 1.807) is 0 Å². The lowest BCUT2D eigenvalue weighted by atomic mass is 10.3. The number of ether oxygens (including phenoxy) is 1. The van der Waals surface area contributed by atoms with E-state index < -0.39 is 0 Å². The van der Waals surface area contributed by atoms with Crippen molar-refractivity contribution in [1.29, 1.82) is 0 Å². The third-order valence-electron chi connectivity index (χ3n) is 1.74. The molecule has 0 bridgehead atoms. The Labute approximate surface area is 100 Å². The smallest absolute Gasteiger partial charge is 0.119 e. The summed E-state index contributed by atoms with van der Waals surface area (Å²) in [6, 6.07) is 7.44. The zero-order valence-corrected chi connectivity index (χ0v) is 10.4. The minimum absolute atomic E-state index is 0.205. The van der Waals surface area contributed by atoms with Crippen molar-refractivity contribution in [3.63, 3.8) is 0 Å². The summed E-state index contributed by atoms with van der Waals surface area (Å²) in [5.74, 6) is 2.80. The van der Waals surface area contributed by atoms with Crippen molar-refractivity contribution in [3.8, 4) is 5.75 Å². The lowest BCUT2D eigenvalue weighted by Gasteiger charge is -2.13. The van der Waals surface area contributed by atoms with Crippen LogP contribution in [0.15, 0.2) is 36.9 Å². The fraction of sp³-hybridized carbons (Fsp3) is 0.333. The third-order valence-corrected chi connectivity index (χ3v) is 3.17. The first-order valence-corrected chi connectivity index (χ1v) is 6.36. The molecule has 0 saturated heterocycles. The van der Waals surface area contributed by atoms with E-state index in [1.165, 1.54) is 0 Å². The Morgan fingerprint density at radius 1 is 1.47 bits per heavy atom. The zero-order chi connectivity index (χ0) is 11.1. The fourth-order valence-corrected chi connectivity index (χ4v) is 1.93. The third kappa shape index (κ3) is 5.14. The summed E-state index contributed by atoms with van der Waals surface area (Å²) >= 11 is 7.59. The average Bonchev–Trinajstić information content (AvgIpc) is 2.22. The molecular weight excluding hydrogens is 228 g/mol. The normalized spacial score (nSPS) is 12.1. The first kappa shape index (κ1) is 12.5. The Kier molecular flexibility index (Phi) is 5.66. The molecule has 1 rings (SSSR count). The van der Waals surface area contributed by atoms with E-state index in [9.17, 15) is 0 Å². The molecule has 1 nitrogen and oxygen atoms in total. The molecule has 3 heteroatoms. The SMILES string of the molecule is C=CCSCC(C)Oc1ccc(Cl)cc1. The average molecular weight is 243 g/mol. The van der Waals surface area contributed by atoms with Crippen molar-refractivity contribution in [2.24, 2.45) is 0 Å². The van der Waals surface area contributed by atoms with Gasteiger partial charge in [0.05, 0.1) is 0 Å². The summed E-state index contributed by atoms with van der Waals surface area (Å²) in [5, 5.41) is 0.732. The fourth-order valence-electron chi connectivity index (χ4n) is 1.10. The van der Waals surface area contributed by atoms with Gasteiger partial charge in [-0.25, -0.2) is 0 Å². The lowest BCUT2D eigenvalue weighted by molar-refractivity contribution is 0.247. The maximum absolute atomic E-state index is 5.78. The first-order valence-electron chi connectivity index (χ1n) is 4.83. The molecule has 0 saturated carbocycles. The molecule has 1 aromatic rings. The minimum Gasteiger partial charge on any atom is -0.490 e. The van der Waals surface area contributed by atoms with Gasteiger partial charge < -0.3 is 4.74 Å². The highest BCUT2D eigenvalue weighted by atomic mass is 35.5. The zero-order valence-electron chi connectivity index (χ0n) is 8.78. The number of thioether (sulfide) groups is 1. The highest BCUT2D eigenvalue weighted by Crippen LogP contribution is 2.17. The number of rotatable bonds is 6. The van der Waals surface area contributed by atoms with Crippen molar-refractivity contribution in [2.75, 3.05) is 11.5 Å². The Bertz CT molecular complexity index is 297. The van der Waals surface area contributed by atoms with Gasteiger partial charge in [-0.05, 0) is 31.2 Å². The van der Waals surface area contributed by atoms with Gasteiger partial charge in [0, 0.05) is 16.5 Å². The van der Waals surface area contributed by atoms with Crippen LogP contribution in [0.4, 0.5) is 0 Å². The van der Waals surface area contributed by atoms with E-state index in [4.69, 9.17) is 16.3 Å². The lowest BCUT2D eigenvalue weighted by Crippen LogP contribution is -2.14. The largest absolute Gasteiger partial charge is 0.490 e. The molecule has 0 aromatic heterocycles. The molecule has 0 spiro atoms. The Morgan fingerprint density at radius 3 is 2.73 bits per heavy atom. The van der Waals surface area contributed by atoms with Crippen molar-refractivity contribution >= 4 is 23.4 Å². The van der Waals surface area contributed by atoms with Gasteiger partial charge in [-0.2, -0.15) is 11.8 Å².